The van der Waals surface area contributed by atoms with E-state index in [1.54, 1.807) is 0 Å². The van der Waals surface area contributed by atoms with Crippen LogP contribution in [0.2, 0.25) is 0 Å². The Bertz CT molecular complexity index is 340. The first-order chi connectivity index (χ1) is 9.32. The molecule has 0 aromatic carbocycles. The van der Waals surface area contributed by atoms with Crippen LogP contribution in [0.4, 0.5) is 13.2 Å². The van der Waals surface area contributed by atoms with E-state index in [0.29, 0.717) is 0 Å². The van der Waals surface area contributed by atoms with Crippen molar-refractivity contribution in [2.45, 2.75) is 56.9 Å². The molecule has 1 aliphatic carbocycles. The van der Waals surface area contributed by atoms with E-state index in [4.69, 9.17) is 16.3 Å². The molecular weight excluding hydrogens is 301 g/mol. The third-order valence-electron chi connectivity index (χ3n) is 2.92. The molecule has 20 heavy (non-hydrogen) atoms. The van der Waals surface area contributed by atoms with Gasteiger partial charge in [0.1, 0.15) is 12.2 Å². The van der Waals surface area contributed by atoms with E-state index in [1.807, 2.05) is 0 Å². The van der Waals surface area contributed by atoms with Gasteiger partial charge >= 0.3 is 18.1 Å². The molecule has 0 radical (unpaired) electrons. The Morgan fingerprint density at radius 1 is 1.20 bits per heavy atom. The van der Waals surface area contributed by atoms with Crippen molar-refractivity contribution in [2.75, 3.05) is 5.88 Å². The monoisotopic (exact) mass is 316 g/mol. The molecular formula is C12H16ClF3O4. The minimum Gasteiger partial charge on any atom is -0.462 e. The van der Waals surface area contributed by atoms with Crippen LogP contribution in [0.3, 0.4) is 0 Å². The van der Waals surface area contributed by atoms with Gasteiger partial charge in [0.15, 0.2) is 0 Å². The third kappa shape index (κ3) is 5.98. The lowest BCUT2D eigenvalue weighted by Gasteiger charge is -2.23. The molecule has 0 N–H and O–H groups in total. The first kappa shape index (κ1) is 17.1. The highest BCUT2D eigenvalue weighted by molar-refractivity contribution is 6.18. The molecule has 1 aliphatic rings. The molecule has 0 saturated heterocycles. The Morgan fingerprint density at radius 3 is 2.30 bits per heavy atom. The van der Waals surface area contributed by atoms with Gasteiger partial charge in [0.05, 0.1) is 12.3 Å². The summed E-state index contributed by atoms with van der Waals surface area (Å²) in [4.78, 5) is 22.2. The van der Waals surface area contributed by atoms with Crippen LogP contribution in [-0.4, -0.2) is 36.2 Å². The van der Waals surface area contributed by atoms with Crippen LogP contribution >= 0.6 is 11.6 Å². The second-order valence-corrected chi connectivity index (χ2v) is 4.94. The first-order valence-corrected chi connectivity index (χ1v) is 6.89. The molecule has 0 aromatic heterocycles. The van der Waals surface area contributed by atoms with E-state index in [9.17, 15) is 22.8 Å². The number of carbonyl (C=O) groups excluding carboxylic acids is 2. The molecule has 0 bridgehead atoms. The number of halogens is 4. The Balaban J connectivity index is 2.39. The Hall–Kier alpha value is -0.980. The maximum atomic E-state index is 12.0. The molecule has 1 unspecified atom stereocenters. The van der Waals surface area contributed by atoms with Crippen molar-refractivity contribution < 1.29 is 32.2 Å². The van der Waals surface area contributed by atoms with Crippen LogP contribution in [0.5, 0.6) is 0 Å². The summed E-state index contributed by atoms with van der Waals surface area (Å²) in [6.07, 6.45) is -2.60. The average molecular weight is 317 g/mol. The molecule has 1 rings (SSSR count). The van der Waals surface area contributed by atoms with Gasteiger partial charge < -0.3 is 9.47 Å². The number of esters is 2. The largest absolute Gasteiger partial charge is 0.490 e. The van der Waals surface area contributed by atoms with Crippen molar-refractivity contribution in [1.82, 2.24) is 0 Å². The number of alkyl halides is 4. The van der Waals surface area contributed by atoms with Crippen LogP contribution in [0.1, 0.15) is 38.5 Å². The minimum absolute atomic E-state index is 0.203. The summed E-state index contributed by atoms with van der Waals surface area (Å²) < 4.78 is 45.3. The lowest BCUT2D eigenvalue weighted by Crippen LogP contribution is -2.33. The number of ether oxygens (including phenoxy) is 2. The van der Waals surface area contributed by atoms with Gasteiger partial charge in [0, 0.05) is 0 Å². The summed E-state index contributed by atoms with van der Waals surface area (Å²) in [5.41, 5.74) is 0. The Kier molecular flexibility index (Phi) is 6.58. The van der Waals surface area contributed by atoms with Gasteiger partial charge in [-0.15, -0.1) is 11.6 Å². The van der Waals surface area contributed by atoms with Crippen LogP contribution in [0, 0.1) is 0 Å². The van der Waals surface area contributed by atoms with E-state index in [1.165, 1.54) is 0 Å². The molecule has 4 nitrogen and oxygen atoms in total. The fourth-order valence-electron chi connectivity index (χ4n) is 1.95. The predicted molar refractivity (Wildman–Crippen MR) is 64.2 cm³/mol. The van der Waals surface area contributed by atoms with E-state index < -0.39 is 36.5 Å². The molecule has 0 spiro atoms. The summed E-state index contributed by atoms with van der Waals surface area (Å²) in [5, 5.41) is 0. The minimum atomic E-state index is -5.10. The topological polar surface area (TPSA) is 52.6 Å². The fourth-order valence-corrected chi connectivity index (χ4v) is 2.12. The van der Waals surface area contributed by atoms with Crippen LogP contribution < -0.4 is 0 Å². The van der Waals surface area contributed by atoms with Gasteiger partial charge in [-0.1, -0.05) is 6.42 Å². The highest BCUT2D eigenvalue weighted by atomic mass is 35.5. The normalized spacial score (nSPS) is 18.4. The maximum absolute atomic E-state index is 12.0. The van der Waals surface area contributed by atoms with Crippen LogP contribution in [0.25, 0.3) is 0 Å². The van der Waals surface area contributed by atoms with Gasteiger partial charge in [0.2, 0.25) is 0 Å². The quantitative estimate of drug-likeness (QED) is 0.578. The van der Waals surface area contributed by atoms with Gasteiger partial charge in [0.25, 0.3) is 0 Å². The van der Waals surface area contributed by atoms with Crippen molar-refractivity contribution in [3.63, 3.8) is 0 Å². The van der Waals surface area contributed by atoms with Gasteiger partial charge in [-0.2, -0.15) is 13.2 Å². The zero-order valence-corrected chi connectivity index (χ0v) is 11.5. The predicted octanol–water partition coefficient (Wildman–Crippen LogP) is 2.97. The molecule has 0 heterocycles. The molecule has 1 atom stereocenters. The Morgan fingerprint density at radius 2 is 1.80 bits per heavy atom. The summed E-state index contributed by atoms with van der Waals surface area (Å²) in [7, 11) is 0. The van der Waals surface area contributed by atoms with E-state index in [0.717, 1.165) is 32.1 Å². The zero-order valence-electron chi connectivity index (χ0n) is 10.7. The number of hydrogen-bond donors (Lipinski definition) is 0. The summed E-state index contributed by atoms with van der Waals surface area (Å²) in [6.45, 7) is 0. The van der Waals surface area contributed by atoms with Gasteiger partial charge in [-0.05, 0) is 25.7 Å². The third-order valence-corrected chi connectivity index (χ3v) is 3.27. The van der Waals surface area contributed by atoms with E-state index >= 15 is 0 Å². The second kappa shape index (κ2) is 7.71. The summed E-state index contributed by atoms with van der Waals surface area (Å²) in [6, 6.07) is 0. The molecule has 1 fully saturated rings. The molecule has 0 aromatic rings. The van der Waals surface area contributed by atoms with E-state index in [-0.39, 0.29) is 6.10 Å². The van der Waals surface area contributed by atoms with Crippen molar-refractivity contribution in [1.29, 1.82) is 0 Å². The average Bonchev–Trinajstić information content (AvgIpc) is 2.37. The lowest BCUT2D eigenvalue weighted by molar-refractivity contribution is -0.204. The van der Waals surface area contributed by atoms with Crippen LogP contribution in [-0.2, 0) is 19.1 Å². The summed E-state index contributed by atoms with van der Waals surface area (Å²) >= 11 is 5.40. The summed E-state index contributed by atoms with van der Waals surface area (Å²) in [5.74, 6) is -3.45. The van der Waals surface area contributed by atoms with Crippen molar-refractivity contribution in [2.24, 2.45) is 0 Å². The number of carbonyl (C=O) groups is 2. The zero-order chi connectivity index (χ0) is 15.2. The van der Waals surface area contributed by atoms with Crippen LogP contribution in [0.15, 0.2) is 0 Å². The van der Waals surface area contributed by atoms with Crippen molar-refractivity contribution >= 4 is 23.5 Å². The number of rotatable bonds is 5. The maximum Gasteiger partial charge on any atom is 0.490 e. The molecule has 8 heteroatoms. The Labute approximate surface area is 119 Å². The first-order valence-electron chi connectivity index (χ1n) is 6.36. The lowest BCUT2D eigenvalue weighted by atomic mass is 9.98. The molecule has 0 aliphatic heterocycles. The molecule has 0 amide bonds. The fraction of sp³-hybridized carbons (Fsp3) is 0.833. The second-order valence-electron chi connectivity index (χ2n) is 4.63. The smallest absolute Gasteiger partial charge is 0.462 e. The van der Waals surface area contributed by atoms with E-state index in [2.05, 4.69) is 4.74 Å². The van der Waals surface area contributed by atoms with Crippen molar-refractivity contribution in [3.05, 3.63) is 0 Å². The highest BCUT2D eigenvalue weighted by Crippen LogP contribution is 2.22. The molecule has 1 saturated carbocycles. The number of hydrogen-bond acceptors (Lipinski definition) is 4. The SMILES string of the molecule is O=C(CC(CCl)OC(=O)C(F)(F)F)OC1CCCCC1. The van der Waals surface area contributed by atoms with Crippen molar-refractivity contribution in [3.8, 4) is 0 Å². The van der Waals surface area contributed by atoms with Gasteiger partial charge in [-0.3, -0.25) is 4.79 Å². The standard InChI is InChI=1S/C12H16ClF3O4/c13-7-9(20-11(18)12(14,15)16)6-10(17)19-8-4-2-1-3-5-8/h8-9H,1-7H2. The molecule has 116 valence electrons. The van der Waals surface area contributed by atoms with Gasteiger partial charge in [-0.25, -0.2) is 4.79 Å². The highest BCUT2D eigenvalue weighted by Gasteiger charge is 2.42.